The van der Waals surface area contributed by atoms with Gasteiger partial charge in [-0.2, -0.15) is 0 Å². The number of benzene rings is 1. The van der Waals surface area contributed by atoms with Crippen LogP contribution in [0.2, 0.25) is 0 Å². The van der Waals surface area contributed by atoms with Crippen LogP contribution in [0, 0.1) is 0 Å². The molecular weight excluding hydrogens is 381 g/mol. The molecule has 7 nitrogen and oxygen atoms in total. The van der Waals surface area contributed by atoms with E-state index in [4.69, 9.17) is 9.47 Å². The van der Waals surface area contributed by atoms with Gasteiger partial charge in [0.15, 0.2) is 11.5 Å². The van der Waals surface area contributed by atoms with Gasteiger partial charge < -0.3 is 18.2 Å². The SMILES string of the molecule is COc1cc2c(cc1OS(=O)(=O)[O-])[C@]13C[C@@H](OC)C=CC1=CCN3CC2.[Na+]. The second kappa shape index (κ2) is 7.51. The second-order valence-electron chi connectivity index (χ2n) is 6.70. The van der Waals surface area contributed by atoms with Gasteiger partial charge >= 0.3 is 29.6 Å². The Morgan fingerprint density at radius 2 is 2.04 bits per heavy atom. The van der Waals surface area contributed by atoms with Crippen molar-refractivity contribution in [3.63, 3.8) is 0 Å². The molecule has 1 aromatic carbocycles. The summed E-state index contributed by atoms with van der Waals surface area (Å²) in [4.78, 5) is 2.36. The Balaban J connectivity index is 0.00000210. The summed E-state index contributed by atoms with van der Waals surface area (Å²) in [6.07, 6.45) is 7.77. The topological polar surface area (TPSA) is 88.1 Å². The number of rotatable bonds is 4. The zero-order valence-electron chi connectivity index (χ0n) is 15.6. The Hall–Kier alpha value is -0.870. The first-order valence-electron chi connectivity index (χ1n) is 8.41. The van der Waals surface area contributed by atoms with Crippen molar-refractivity contribution in [2.45, 2.75) is 24.5 Å². The van der Waals surface area contributed by atoms with Crippen LogP contribution in [0.3, 0.4) is 0 Å². The minimum Gasteiger partial charge on any atom is -0.716 e. The molecule has 0 saturated heterocycles. The van der Waals surface area contributed by atoms with Crippen LogP contribution in [0.1, 0.15) is 17.5 Å². The van der Waals surface area contributed by atoms with Crippen LogP contribution in [0.25, 0.3) is 0 Å². The van der Waals surface area contributed by atoms with Gasteiger partial charge in [0, 0.05) is 26.6 Å². The van der Waals surface area contributed by atoms with Gasteiger partial charge in [-0.05, 0) is 35.3 Å². The van der Waals surface area contributed by atoms with Gasteiger partial charge in [-0.3, -0.25) is 4.90 Å². The normalized spacial score (nSPS) is 26.3. The third kappa shape index (κ3) is 3.48. The Labute approximate surface area is 181 Å². The first-order valence-corrected chi connectivity index (χ1v) is 9.74. The maximum Gasteiger partial charge on any atom is 1.00 e. The molecular formula is C18H20NNaO6S. The predicted molar refractivity (Wildman–Crippen MR) is 92.9 cm³/mol. The molecule has 0 amide bonds. The summed E-state index contributed by atoms with van der Waals surface area (Å²) in [5.74, 6) is 0.165. The van der Waals surface area contributed by atoms with Crippen LogP contribution < -0.4 is 38.5 Å². The smallest absolute Gasteiger partial charge is 0.716 e. The molecule has 2 atom stereocenters. The van der Waals surface area contributed by atoms with Crippen molar-refractivity contribution in [1.82, 2.24) is 4.90 Å². The molecule has 4 rings (SSSR count). The molecule has 1 aromatic rings. The quantitative estimate of drug-likeness (QED) is 0.345. The molecule has 27 heavy (non-hydrogen) atoms. The minimum absolute atomic E-state index is 0. The van der Waals surface area contributed by atoms with Crippen molar-refractivity contribution in [3.05, 3.63) is 47.1 Å². The van der Waals surface area contributed by atoms with Crippen molar-refractivity contribution in [2.75, 3.05) is 27.3 Å². The van der Waals surface area contributed by atoms with Crippen LogP contribution in [-0.4, -0.2) is 51.3 Å². The molecule has 0 unspecified atom stereocenters. The Morgan fingerprint density at radius 1 is 1.26 bits per heavy atom. The number of hydrogen-bond acceptors (Lipinski definition) is 7. The number of hydrogen-bond donors (Lipinski definition) is 0. The summed E-state index contributed by atoms with van der Waals surface area (Å²) in [7, 11) is -1.80. The third-order valence-electron chi connectivity index (χ3n) is 5.52. The van der Waals surface area contributed by atoms with E-state index in [2.05, 4.69) is 21.2 Å². The molecule has 140 valence electrons. The molecule has 0 N–H and O–H groups in total. The van der Waals surface area contributed by atoms with Gasteiger partial charge in [0.2, 0.25) is 0 Å². The summed E-state index contributed by atoms with van der Waals surface area (Å²) < 4.78 is 49.0. The molecule has 3 aliphatic rings. The van der Waals surface area contributed by atoms with E-state index in [0.717, 1.165) is 36.2 Å². The summed E-state index contributed by atoms with van der Waals surface area (Å²) in [6, 6.07) is 3.42. The fourth-order valence-corrected chi connectivity index (χ4v) is 4.75. The first-order chi connectivity index (χ1) is 12.4. The molecule has 0 radical (unpaired) electrons. The van der Waals surface area contributed by atoms with E-state index in [-0.39, 0.29) is 47.2 Å². The van der Waals surface area contributed by atoms with Gasteiger partial charge in [-0.15, -0.1) is 0 Å². The number of nitrogens with zero attached hydrogens (tertiary/aromatic N) is 1. The van der Waals surface area contributed by atoms with E-state index in [1.165, 1.54) is 7.11 Å². The largest absolute Gasteiger partial charge is 1.00 e. The molecule has 9 heteroatoms. The second-order valence-corrected chi connectivity index (χ2v) is 7.69. The van der Waals surface area contributed by atoms with Gasteiger partial charge in [0.1, 0.15) is 0 Å². The van der Waals surface area contributed by atoms with Gasteiger partial charge in [-0.1, -0.05) is 18.2 Å². The molecule has 0 saturated carbocycles. The van der Waals surface area contributed by atoms with Gasteiger partial charge in [-0.25, -0.2) is 8.42 Å². The molecule has 1 spiro atoms. The van der Waals surface area contributed by atoms with E-state index in [9.17, 15) is 13.0 Å². The summed E-state index contributed by atoms with van der Waals surface area (Å²) in [5.41, 5.74) is 2.76. The van der Waals surface area contributed by atoms with E-state index in [1.54, 1.807) is 19.2 Å². The van der Waals surface area contributed by atoms with Crippen molar-refractivity contribution in [3.8, 4) is 11.5 Å². The average Bonchev–Trinajstić information content (AvgIpc) is 2.98. The van der Waals surface area contributed by atoms with Crippen molar-refractivity contribution < 1.29 is 56.2 Å². The Bertz CT molecular complexity index is 913. The molecule has 0 bridgehead atoms. The van der Waals surface area contributed by atoms with Crippen LogP contribution in [0.5, 0.6) is 11.5 Å². The zero-order chi connectivity index (χ0) is 18.5. The summed E-state index contributed by atoms with van der Waals surface area (Å²) in [5, 5.41) is 0. The van der Waals surface area contributed by atoms with Gasteiger partial charge in [0.25, 0.3) is 10.4 Å². The van der Waals surface area contributed by atoms with Crippen molar-refractivity contribution >= 4 is 10.4 Å². The molecule has 0 fully saturated rings. The maximum absolute atomic E-state index is 11.2. The number of methoxy groups -OCH3 is 2. The Kier molecular flexibility index (Phi) is 5.80. The Morgan fingerprint density at radius 3 is 2.70 bits per heavy atom. The van der Waals surface area contributed by atoms with E-state index in [1.807, 2.05) is 6.08 Å². The molecule has 0 aromatic heterocycles. The fourth-order valence-electron chi connectivity index (χ4n) is 4.40. The summed E-state index contributed by atoms with van der Waals surface area (Å²) >= 11 is 0. The van der Waals surface area contributed by atoms with E-state index in [0.29, 0.717) is 6.42 Å². The first kappa shape index (κ1) is 20.9. The van der Waals surface area contributed by atoms with Crippen LogP contribution in [0.15, 0.2) is 35.9 Å². The van der Waals surface area contributed by atoms with Gasteiger partial charge in [0.05, 0.1) is 18.8 Å². The van der Waals surface area contributed by atoms with E-state index >= 15 is 0 Å². The molecule has 2 aliphatic heterocycles. The van der Waals surface area contributed by atoms with Crippen LogP contribution >= 0.6 is 0 Å². The predicted octanol–water partition coefficient (Wildman–Crippen LogP) is -1.49. The monoisotopic (exact) mass is 401 g/mol. The molecule has 2 heterocycles. The standard InChI is InChI=1S/C18H21NO6S.Na/c1-23-14-4-3-13-6-8-19-7-5-12-9-16(24-2)17(25-26(20,21)22)10-15(12)18(13,19)11-14;/h3-4,6,9-10,14H,5,7-8,11H2,1-2H3,(H,20,21,22);/q;+1/p-1/t14-,18-;/m0./s1. The number of fused-ring (bicyclic) bond motifs is 1. The minimum atomic E-state index is -4.90. The molecule has 1 aliphatic carbocycles. The van der Waals surface area contributed by atoms with Crippen molar-refractivity contribution in [1.29, 1.82) is 0 Å². The van der Waals surface area contributed by atoms with Crippen LogP contribution in [0.4, 0.5) is 0 Å². The van der Waals surface area contributed by atoms with E-state index < -0.39 is 15.9 Å². The van der Waals surface area contributed by atoms with Crippen LogP contribution in [-0.2, 0) is 27.1 Å². The average molecular weight is 401 g/mol. The third-order valence-corrected chi connectivity index (χ3v) is 5.90. The summed E-state index contributed by atoms with van der Waals surface area (Å²) in [6.45, 7) is 1.69. The van der Waals surface area contributed by atoms with Crippen molar-refractivity contribution in [2.24, 2.45) is 0 Å². The zero-order valence-corrected chi connectivity index (χ0v) is 18.4. The fraction of sp³-hybridized carbons (Fsp3) is 0.444. The maximum atomic E-state index is 11.2. The number of ether oxygens (including phenoxy) is 2.